The standard InChI is InChI=1S/C12H14N2O3/c1-7(12(16)17)14-11(15)9-2-3-10-8(6-9)4-5-13-10/h2-3,6-7,13H,4-5H2,1H3,(H,14,15)(H,16,17)/t7-/m0/s1. The molecule has 2 rings (SSSR count). The summed E-state index contributed by atoms with van der Waals surface area (Å²) in [6, 6.07) is 4.47. The van der Waals surface area contributed by atoms with Crippen LogP contribution in [0, 0.1) is 0 Å². The van der Waals surface area contributed by atoms with Crippen molar-refractivity contribution in [3.8, 4) is 0 Å². The molecule has 1 heterocycles. The zero-order valence-corrected chi connectivity index (χ0v) is 9.49. The SMILES string of the molecule is C[C@H](NC(=O)c1ccc2c(c1)CCN2)C(=O)O. The predicted octanol–water partition coefficient (Wildman–Crippen LogP) is 0.858. The third-order valence-corrected chi connectivity index (χ3v) is 2.80. The largest absolute Gasteiger partial charge is 0.480 e. The molecule has 0 spiro atoms. The van der Waals surface area contributed by atoms with Gasteiger partial charge in [0.1, 0.15) is 6.04 Å². The van der Waals surface area contributed by atoms with Crippen molar-refractivity contribution in [3.05, 3.63) is 29.3 Å². The first-order chi connectivity index (χ1) is 8.08. The van der Waals surface area contributed by atoms with E-state index in [-0.39, 0.29) is 5.91 Å². The molecule has 0 aromatic heterocycles. The van der Waals surface area contributed by atoms with Crippen LogP contribution < -0.4 is 10.6 Å². The quantitative estimate of drug-likeness (QED) is 0.724. The van der Waals surface area contributed by atoms with E-state index in [1.807, 2.05) is 6.07 Å². The number of carbonyl (C=O) groups is 2. The van der Waals surface area contributed by atoms with E-state index in [9.17, 15) is 9.59 Å². The Kier molecular flexibility index (Phi) is 2.99. The van der Waals surface area contributed by atoms with Crippen molar-refractivity contribution in [1.82, 2.24) is 5.32 Å². The second kappa shape index (κ2) is 4.45. The summed E-state index contributed by atoms with van der Waals surface area (Å²) in [5.41, 5.74) is 2.65. The highest BCUT2D eigenvalue weighted by molar-refractivity contribution is 5.97. The molecule has 1 aromatic rings. The third kappa shape index (κ3) is 2.38. The number of carbonyl (C=O) groups excluding carboxylic acids is 1. The summed E-state index contributed by atoms with van der Waals surface area (Å²) >= 11 is 0. The van der Waals surface area contributed by atoms with Gasteiger partial charge in [-0.1, -0.05) is 0 Å². The number of amides is 1. The molecular formula is C12H14N2O3. The van der Waals surface area contributed by atoms with Gasteiger partial charge in [0.15, 0.2) is 0 Å². The lowest BCUT2D eigenvalue weighted by atomic mass is 10.1. The van der Waals surface area contributed by atoms with E-state index >= 15 is 0 Å². The molecule has 0 fully saturated rings. The van der Waals surface area contributed by atoms with Crippen LogP contribution in [0.1, 0.15) is 22.8 Å². The Morgan fingerprint density at radius 1 is 1.47 bits per heavy atom. The summed E-state index contributed by atoms with van der Waals surface area (Å²) in [6.07, 6.45) is 0.894. The van der Waals surface area contributed by atoms with Crippen LogP contribution in [0.2, 0.25) is 0 Å². The van der Waals surface area contributed by atoms with Crippen molar-refractivity contribution >= 4 is 17.6 Å². The van der Waals surface area contributed by atoms with E-state index < -0.39 is 12.0 Å². The molecule has 0 bridgehead atoms. The molecular weight excluding hydrogens is 220 g/mol. The monoisotopic (exact) mass is 234 g/mol. The minimum absolute atomic E-state index is 0.352. The van der Waals surface area contributed by atoms with Gasteiger partial charge in [-0.2, -0.15) is 0 Å². The number of carboxylic acids is 1. The zero-order valence-electron chi connectivity index (χ0n) is 9.49. The molecule has 0 saturated heterocycles. The van der Waals surface area contributed by atoms with Crippen molar-refractivity contribution in [2.45, 2.75) is 19.4 Å². The molecule has 1 aromatic carbocycles. The van der Waals surface area contributed by atoms with Crippen LogP contribution in [-0.4, -0.2) is 29.6 Å². The van der Waals surface area contributed by atoms with Crippen LogP contribution in [0.3, 0.4) is 0 Å². The number of hydrogen-bond donors (Lipinski definition) is 3. The molecule has 0 saturated carbocycles. The van der Waals surface area contributed by atoms with Gasteiger partial charge in [-0.15, -0.1) is 0 Å². The number of carboxylic acid groups (broad SMARTS) is 1. The molecule has 0 aliphatic carbocycles. The Labute approximate surface area is 98.8 Å². The van der Waals surface area contributed by atoms with Gasteiger partial charge < -0.3 is 15.7 Å². The summed E-state index contributed by atoms with van der Waals surface area (Å²) < 4.78 is 0. The minimum Gasteiger partial charge on any atom is -0.480 e. The molecule has 1 aliphatic rings. The van der Waals surface area contributed by atoms with Gasteiger partial charge in [0.2, 0.25) is 0 Å². The highest BCUT2D eigenvalue weighted by Gasteiger charge is 2.17. The molecule has 1 amide bonds. The molecule has 5 heteroatoms. The Morgan fingerprint density at radius 2 is 2.24 bits per heavy atom. The van der Waals surface area contributed by atoms with Crippen LogP contribution in [0.15, 0.2) is 18.2 Å². The average Bonchev–Trinajstić information content (AvgIpc) is 2.75. The van der Waals surface area contributed by atoms with E-state index in [0.717, 1.165) is 24.2 Å². The average molecular weight is 234 g/mol. The fraction of sp³-hybridized carbons (Fsp3) is 0.333. The fourth-order valence-electron chi connectivity index (χ4n) is 1.79. The maximum absolute atomic E-state index is 11.8. The van der Waals surface area contributed by atoms with Gasteiger partial charge in [0, 0.05) is 17.8 Å². The van der Waals surface area contributed by atoms with Crippen LogP contribution in [0.4, 0.5) is 5.69 Å². The summed E-state index contributed by atoms with van der Waals surface area (Å²) in [4.78, 5) is 22.4. The highest BCUT2D eigenvalue weighted by atomic mass is 16.4. The van der Waals surface area contributed by atoms with Crippen molar-refractivity contribution in [3.63, 3.8) is 0 Å². The van der Waals surface area contributed by atoms with Crippen molar-refractivity contribution in [2.24, 2.45) is 0 Å². The van der Waals surface area contributed by atoms with Gasteiger partial charge >= 0.3 is 5.97 Å². The van der Waals surface area contributed by atoms with E-state index in [0.29, 0.717) is 5.56 Å². The van der Waals surface area contributed by atoms with Crippen LogP contribution >= 0.6 is 0 Å². The first-order valence-corrected chi connectivity index (χ1v) is 5.48. The Hall–Kier alpha value is -2.04. The predicted molar refractivity (Wildman–Crippen MR) is 63.2 cm³/mol. The van der Waals surface area contributed by atoms with E-state index in [2.05, 4.69) is 10.6 Å². The summed E-state index contributed by atoms with van der Waals surface area (Å²) in [5, 5.41) is 14.3. The lowest BCUT2D eigenvalue weighted by Crippen LogP contribution is -2.38. The molecule has 1 aliphatic heterocycles. The molecule has 90 valence electrons. The van der Waals surface area contributed by atoms with E-state index in [1.54, 1.807) is 12.1 Å². The first-order valence-electron chi connectivity index (χ1n) is 5.48. The Morgan fingerprint density at radius 3 is 2.94 bits per heavy atom. The number of hydrogen-bond acceptors (Lipinski definition) is 3. The van der Waals surface area contributed by atoms with Gasteiger partial charge in [-0.3, -0.25) is 9.59 Å². The maximum atomic E-state index is 11.8. The Bertz CT molecular complexity index is 471. The van der Waals surface area contributed by atoms with Crippen LogP contribution in [0.25, 0.3) is 0 Å². The highest BCUT2D eigenvalue weighted by Crippen LogP contribution is 2.22. The van der Waals surface area contributed by atoms with Crippen LogP contribution in [0.5, 0.6) is 0 Å². The summed E-state index contributed by atoms with van der Waals surface area (Å²) in [6.45, 7) is 2.32. The minimum atomic E-state index is -1.04. The number of anilines is 1. The summed E-state index contributed by atoms with van der Waals surface area (Å²) in [7, 11) is 0. The molecule has 5 nitrogen and oxygen atoms in total. The first kappa shape index (κ1) is 11.4. The van der Waals surface area contributed by atoms with Gasteiger partial charge in [-0.05, 0) is 37.1 Å². The zero-order chi connectivity index (χ0) is 12.4. The fourth-order valence-corrected chi connectivity index (χ4v) is 1.79. The summed E-state index contributed by atoms with van der Waals surface area (Å²) in [5.74, 6) is -1.39. The number of aliphatic carboxylic acids is 1. The van der Waals surface area contributed by atoms with Gasteiger partial charge in [0.05, 0.1) is 0 Å². The topological polar surface area (TPSA) is 78.4 Å². The number of benzene rings is 1. The molecule has 17 heavy (non-hydrogen) atoms. The second-order valence-corrected chi connectivity index (χ2v) is 4.08. The third-order valence-electron chi connectivity index (χ3n) is 2.80. The van der Waals surface area contributed by atoms with Crippen molar-refractivity contribution in [2.75, 3.05) is 11.9 Å². The molecule has 0 unspecified atom stereocenters. The van der Waals surface area contributed by atoms with E-state index in [4.69, 9.17) is 5.11 Å². The van der Waals surface area contributed by atoms with Crippen LogP contribution in [-0.2, 0) is 11.2 Å². The van der Waals surface area contributed by atoms with Crippen molar-refractivity contribution < 1.29 is 14.7 Å². The van der Waals surface area contributed by atoms with Gasteiger partial charge in [0.25, 0.3) is 5.91 Å². The number of fused-ring (bicyclic) bond motifs is 1. The number of rotatable bonds is 3. The normalized spacial score (nSPS) is 14.6. The van der Waals surface area contributed by atoms with E-state index in [1.165, 1.54) is 6.92 Å². The molecule has 0 radical (unpaired) electrons. The van der Waals surface area contributed by atoms with Gasteiger partial charge in [-0.25, -0.2) is 0 Å². The number of nitrogens with one attached hydrogen (secondary N) is 2. The lowest BCUT2D eigenvalue weighted by molar-refractivity contribution is -0.138. The van der Waals surface area contributed by atoms with Crippen molar-refractivity contribution in [1.29, 1.82) is 0 Å². The second-order valence-electron chi connectivity index (χ2n) is 4.08. The maximum Gasteiger partial charge on any atom is 0.325 e. The smallest absolute Gasteiger partial charge is 0.325 e. The molecule has 3 N–H and O–H groups in total. The Balaban J connectivity index is 2.12. The molecule has 1 atom stereocenters. The lowest BCUT2D eigenvalue weighted by Gasteiger charge is -2.10.